The van der Waals surface area contributed by atoms with E-state index < -0.39 is 19.7 Å². The van der Waals surface area contributed by atoms with Crippen molar-refractivity contribution in [3.8, 4) is 0 Å². The van der Waals surface area contributed by atoms with Crippen LogP contribution in [0.2, 0.25) is 0 Å². The van der Waals surface area contributed by atoms with Gasteiger partial charge in [-0.1, -0.05) is 0 Å². The molecule has 0 saturated heterocycles. The number of hydrogen-bond acceptors (Lipinski definition) is 6. The first kappa shape index (κ1) is 15.5. The first-order valence-corrected chi connectivity index (χ1v) is 10.3. The summed E-state index contributed by atoms with van der Waals surface area (Å²) in [7, 11) is -6.74. The second-order valence-corrected chi connectivity index (χ2v) is 9.69. The van der Waals surface area contributed by atoms with Gasteiger partial charge in [-0.3, -0.25) is 0 Å². The maximum atomic E-state index is 11.8. The minimum Gasteiger partial charge on any atom is -0.464 e. The largest absolute Gasteiger partial charge is 0.464 e. The standard InChI is InChI=1S/C12H19NO5S2/c1-19(14,15)6-7-20(16,17)9-12-5-4-11(18-12)8-13-10-2-3-10/h4-5,10,13H,2-3,6-9H2,1H3. The predicted molar refractivity (Wildman–Crippen MR) is 75.8 cm³/mol. The Hall–Kier alpha value is -0.860. The van der Waals surface area contributed by atoms with E-state index in [-0.39, 0.29) is 17.3 Å². The lowest BCUT2D eigenvalue weighted by Crippen LogP contribution is -2.17. The third-order valence-corrected chi connectivity index (χ3v) is 5.74. The van der Waals surface area contributed by atoms with Gasteiger partial charge >= 0.3 is 0 Å². The fourth-order valence-corrected chi connectivity index (χ4v) is 4.65. The molecule has 2 rings (SSSR count). The van der Waals surface area contributed by atoms with Crippen molar-refractivity contribution in [3.63, 3.8) is 0 Å². The van der Waals surface area contributed by atoms with E-state index in [4.69, 9.17) is 4.42 Å². The lowest BCUT2D eigenvalue weighted by Gasteiger charge is -2.02. The van der Waals surface area contributed by atoms with E-state index in [1.807, 2.05) is 0 Å². The molecule has 1 aromatic rings. The van der Waals surface area contributed by atoms with Crippen molar-refractivity contribution in [2.24, 2.45) is 0 Å². The molecule has 0 atom stereocenters. The Morgan fingerprint density at radius 2 is 1.80 bits per heavy atom. The summed E-state index contributed by atoms with van der Waals surface area (Å²) < 4.78 is 51.0. The maximum Gasteiger partial charge on any atom is 0.158 e. The van der Waals surface area contributed by atoms with Crippen molar-refractivity contribution < 1.29 is 21.3 Å². The van der Waals surface area contributed by atoms with E-state index in [2.05, 4.69) is 5.32 Å². The van der Waals surface area contributed by atoms with Gasteiger partial charge in [0.15, 0.2) is 9.84 Å². The van der Waals surface area contributed by atoms with Crippen molar-refractivity contribution in [1.82, 2.24) is 5.32 Å². The molecule has 0 aromatic carbocycles. The van der Waals surface area contributed by atoms with Gasteiger partial charge in [0, 0.05) is 12.3 Å². The van der Waals surface area contributed by atoms with Crippen LogP contribution in [0.1, 0.15) is 24.4 Å². The molecule has 20 heavy (non-hydrogen) atoms. The Labute approximate surface area is 119 Å². The second kappa shape index (κ2) is 5.87. The zero-order chi connectivity index (χ0) is 14.8. The third-order valence-electron chi connectivity index (χ3n) is 2.99. The molecule has 1 heterocycles. The van der Waals surface area contributed by atoms with Crippen LogP contribution in [0.4, 0.5) is 0 Å². The predicted octanol–water partition coefficient (Wildman–Crippen LogP) is 0.491. The van der Waals surface area contributed by atoms with Crippen LogP contribution in [0, 0.1) is 0 Å². The van der Waals surface area contributed by atoms with Crippen LogP contribution in [0.5, 0.6) is 0 Å². The summed E-state index contributed by atoms with van der Waals surface area (Å²) in [5, 5.41) is 3.27. The van der Waals surface area contributed by atoms with Crippen LogP contribution in [0.25, 0.3) is 0 Å². The highest BCUT2D eigenvalue weighted by molar-refractivity contribution is 7.94. The molecule has 1 aliphatic rings. The van der Waals surface area contributed by atoms with Crippen LogP contribution in [-0.2, 0) is 32.0 Å². The molecule has 0 radical (unpaired) electrons. The molecular weight excluding hydrogens is 302 g/mol. The zero-order valence-corrected chi connectivity index (χ0v) is 13.0. The van der Waals surface area contributed by atoms with Gasteiger partial charge in [0.2, 0.25) is 0 Å². The zero-order valence-electron chi connectivity index (χ0n) is 11.3. The second-order valence-electron chi connectivity index (χ2n) is 5.25. The van der Waals surface area contributed by atoms with E-state index >= 15 is 0 Å². The summed E-state index contributed by atoms with van der Waals surface area (Å²) in [5.41, 5.74) is 0. The van der Waals surface area contributed by atoms with Gasteiger partial charge in [0.1, 0.15) is 27.1 Å². The molecule has 0 bridgehead atoms. The molecule has 1 aliphatic carbocycles. The van der Waals surface area contributed by atoms with Crippen molar-refractivity contribution >= 4 is 19.7 Å². The Bertz CT molecular complexity index is 656. The Morgan fingerprint density at radius 3 is 2.40 bits per heavy atom. The molecule has 0 unspecified atom stereocenters. The summed E-state index contributed by atoms with van der Waals surface area (Å²) in [5.74, 6) is 0.0663. The minimum atomic E-state index is -3.47. The lowest BCUT2D eigenvalue weighted by atomic mass is 10.4. The van der Waals surface area contributed by atoms with E-state index in [0.29, 0.717) is 24.1 Å². The molecular formula is C12H19NO5S2. The Balaban J connectivity index is 1.87. The highest BCUT2D eigenvalue weighted by atomic mass is 32.2. The fourth-order valence-electron chi connectivity index (χ4n) is 1.69. The SMILES string of the molecule is CS(=O)(=O)CCS(=O)(=O)Cc1ccc(CNC2CC2)o1. The smallest absolute Gasteiger partial charge is 0.158 e. The van der Waals surface area contributed by atoms with Crippen molar-refractivity contribution in [2.75, 3.05) is 17.8 Å². The maximum absolute atomic E-state index is 11.8. The van der Waals surface area contributed by atoms with Gasteiger partial charge in [-0.25, -0.2) is 16.8 Å². The summed E-state index contributed by atoms with van der Waals surface area (Å²) >= 11 is 0. The van der Waals surface area contributed by atoms with Crippen molar-refractivity contribution in [2.45, 2.75) is 31.2 Å². The summed E-state index contributed by atoms with van der Waals surface area (Å²) in [6, 6.07) is 3.93. The van der Waals surface area contributed by atoms with Crippen molar-refractivity contribution in [1.29, 1.82) is 0 Å². The van der Waals surface area contributed by atoms with E-state index in [1.165, 1.54) is 12.8 Å². The molecule has 0 amide bonds. The number of sulfone groups is 2. The van der Waals surface area contributed by atoms with E-state index in [0.717, 1.165) is 6.26 Å². The molecule has 1 fully saturated rings. The summed E-state index contributed by atoms with van der Waals surface area (Å²) in [4.78, 5) is 0. The van der Waals surface area contributed by atoms with Crippen LogP contribution in [0.15, 0.2) is 16.5 Å². The topological polar surface area (TPSA) is 93.5 Å². The number of furan rings is 1. The molecule has 6 nitrogen and oxygen atoms in total. The van der Waals surface area contributed by atoms with Gasteiger partial charge < -0.3 is 9.73 Å². The molecule has 1 aromatic heterocycles. The monoisotopic (exact) mass is 321 g/mol. The fraction of sp³-hybridized carbons (Fsp3) is 0.667. The van der Waals surface area contributed by atoms with Crippen LogP contribution in [-0.4, -0.2) is 40.6 Å². The van der Waals surface area contributed by atoms with Crippen LogP contribution in [0.3, 0.4) is 0 Å². The first-order chi connectivity index (χ1) is 9.23. The van der Waals surface area contributed by atoms with E-state index in [1.54, 1.807) is 12.1 Å². The number of rotatable bonds is 8. The van der Waals surface area contributed by atoms with Gasteiger partial charge in [-0.05, 0) is 25.0 Å². The van der Waals surface area contributed by atoms with Gasteiger partial charge in [-0.2, -0.15) is 0 Å². The average molecular weight is 321 g/mol. The van der Waals surface area contributed by atoms with E-state index in [9.17, 15) is 16.8 Å². The third kappa shape index (κ3) is 5.64. The summed E-state index contributed by atoms with van der Waals surface area (Å²) in [6.07, 6.45) is 3.37. The first-order valence-electron chi connectivity index (χ1n) is 6.43. The Morgan fingerprint density at radius 1 is 1.15 bits per heavy atom. The lowest BCUT2D eigenvalue weighted by molar-refractivity contribution is 0.455. The molecule has 1 N–H and O–H groups in total. The highest BCUT2D eigenvalue weighted by Gasteiger charge is 2.21. The number of hydrogen-bond donors (Lipinski definition) is 1. The van der Waals surface area contributed by atoms with Gasteiger partial charge in [0.25, 0.3) is 0 Å². The molecule has 0 aliphatic heterocycles. The van der Waals surface area contributed by atoms with Crippen LogP contribution < -0.4 is 5.32 Å². The van der Waals surface area contributed by atoms with Crippen LogP contribution >= 0.6 is 0 Å². The number of nitrogens with one attached hydrogen (secondary N) is 1. The normalized spacial score (nSPS) is 16.4. The molecule has 1 saturated carbocycles. The molecule has 0 spiro atoms. The highest BCUT2D eigenvalue weighted by Crippen LogP contribution is 2.20. The summed E-state index contributed by atoms with van der Waals surface area (Å²) in [6.45, 7) is 0.591. The van der Waals surface area contributed by atoms with Gasteiger partial charge in [0.05, 0.1) is 18.1 Å². The average Bonchev–Trinajstić information content (AvgIpc) is 3.05. The quantitative estimate of drug-likeness (QED) is 0.749. The molecule has 114 valence electrons. The van der Waals surface area contributed by atoms with Crippen molar-refractivity contribution in [3.05, 3.63) is 23.7 Å². The Kier molecular flexibility index (Phi) is 4.55. The van der Waals surface area contributed by atoms with Gasteiger partial charge in [-0.15, -0.1) is 0 Å². The molecule has 8 heteroatoms. The minimum absolute atomic E-state index is 0.258.